The number of pyridine rings is 1. The number of rotatable bonds is 3. The third-order valence-corrected chi connectivity index (χ3v) is 4.03. The van der Waals surface area contributed by atoms with Crippen LogP contribution in [-0.2, 0) is 0 Å². The van der Waals surface area contributed by atoms with Gasteiger partial charge in [-0.3, -0.25) is 0 Å². The van der Waals surface area contributed by atoms with E-state index in [0.29, 0.717) is 5.92 Å². The lowest BCUT2D eigenvalue weighted by atomic mass is 9.98. The molecule has 4 heteroatoms. The second-order valence-electron chi connectivity index (χ2n) is 5.36. The normalized spacial score (nSPS) is 19.3. The quantitative estimate of drug-likeness (QED) is 0.932. The Balaban J connectivity index is 1.98. The van der Waals surface area contributed by atoms with Crippen LogP contribution in [0.25, 0.3) is 10.8 Å². The molecule has 4 nitrogen and oxygen atoms in total. The maximum absolute atomic E-state index is 9.37. The lowest BCUT2D eigenvalue weighted by Crippen LogP contribution is -2.37. The van der Waals surface area contributed by atoms with Crippen LogP contribution in [0.1, 0.15) is 12.8 Å². The molecule has 1 aromatic heterocycles. The first-order valence-electron chi connectivity index (χ1n) is 7.10. The number of nitrogens with zero attached hydrogens (tertiary/aromatic N) is 2. The molecule has 2 aromatic rings. The van der Waals surface area contributed by atoms with E-state index in [2.05, 4.69) is 16.0 Å². The van der Waals surface area contributed by atoms with Gasteiger partial charge in [0.05, 0.1) is 7.11 Å². The Morgan fingerprint density at radius 1 is 1.40 bits per heavy atom. The summed E-state index contributed by atoms with van der Waals surface area (Å²) in [6.07, 6.45) is 4.06. The van der Waals surface area contributed by atoms with E-state index in [9.17, 15) is 5.11 Å². The maximum Gasteiger partial charge on any atom is 0.136 e. The van der Waals surface area contributed by atoms with Crippen LogP contribution in [0.4, 0.5) is 5.82 Å². The summed E-state index contributed by atoms with van der Waals surface area (Å²) < 4.78 is 5.28. The Hall–Kier alpha value is -1.81. The van der Waals surface area contributed by atoms with Crippen LogP contribution in [0, 0.1) is 5.92 Å². The van der Waals surface area contributed by atoms with Crippen molar-refractivity contribution in [1.29, 1.82) is 0 Å². The van der Waals surface area contributed by atoms with Gasteiger partial charge in [0.25, 0.3) is 0 Å². The summed E-state index contributed by atoms with van der Waals surface area (Å²) >= 11 is 0. The number of aliphatic hydroxyl groups is 1. The first-order chi connectivity index (χ1) is 9.81. The Morgan fingerprint density at radius 3 is 3.10 bits per heavy atom. The van der Waals surface area contributed by atoms with E-state index in [1.165, 1.54) is 0 Å². The largest absolute Gasteiger partial charge is 0.497 e. The molecule has 106 valence electrons. The van der Waals surface area contributed by atoms with Crippen LogP contribution in [0.15, 0.2) is 30.5 Å². The minimum Gasteiger partial charge on any atom is -0.497 e. The highest BCUT2D eigenvalue weighted by Gasteiger charge is 2.21. The summed E-state index contributed by atoms with van der Waals surface area (Å²) in [7, 11) is 1.68. The number of aliphatic hydroxyl groups excluding tert-OH is 1. The van der Waals surface area contributed by atoms with Gasteiger partial charge >= 0.3 is 0 Å². The van der Waals surface area contributed by atoms with Gasteiger partial charge in [-0.15, -0.1) is 0 Å². The van der Waals surface area contributed by atoms with E-state index < -0.39 is 0 Å². The molecule has 2 heterocycles. The Kier molecular flexibility index (Phi) is 3.74. The average molecular weight is 272 g/mol. The Labute approximate surface area is 119 Å². The topological polar surface area (TPSA) is 45.6 Å². The molecule has 0 spiro atoms. The predicted molar refractivity (Wildman–Crippen MR) is 80.3 cm³/mol. The molecule has 0 saturated carbocycles. The number of methoxy groups -OCH3 is 1. The zero-order valence-electron chi connectivity index (χ0n) is 11.7. The van der Waals surface area contributed by atoms with Crippen molar-refractivity contribution in [2.24, 2.45) is 5.92 Å². The van der Waals surface area contributed by atoms with E-state index >= 15 is 0 Å². The van der Waals surface area contributed by atoms with E-state index in [-0.39, 0.29) is 6.61 Å². The van der Waals surface area contributed by atoms with Gasteiger partial charge in [-0.25, -0.2) is 4.98 Å². The number of fused-ring (bicyclic) bond motifs is 1. The fourth-order valence-electron chi connectivity index (χ4n) is 2.93. The van der Waals surface area contributed by atoms with Crippen molar-refractivity contribution in [2.75, 3.05) is 31.7 Å². The number of hydrogen-bond donors (Lipinski definition) is 1. The van der Waals surface area contributed by atoms with E-state index in [1.807, 2.05) is 24.4 Å². The minimum absolute atomic E-state index is 0.259. The van der Waals surface area contributed by atoms with Crippen LogP contribution in [-0.4, -0.2) is 36.9 Å². The molecular weight excluding hydrogens is 252 g/mol. The van der Waals surface area contributed by atoms with Gasteiger partial charge in [-0.05, 0) is 48.4 Å². The summed E-state index contributed by atoms with van der Waals surface area (Å²) in [6.45, 7) is 2.15. The minimum atomic E-state index is 0.259. The molecule has 1 saturated heterocycles. The number of aromatic nitrogens is 1. The molecule has 1 unspecified atom stereocenters. The van der Waals surface area contributed by atoms with Gasteiger partial charge in [0.2, 0.25) is 0 Å². The summed E-state index contributed by atoms with van der Waals surface area (Å²) in [4.78, 5) is 6.85. The zero-order valence-corrected chi connectivity index (χ0v) is 11.7. The number of piperidine rings is 1. The number of ether oxygens (including phenoxy) is 1. The van der Waals surface area contributed by atoms with Crippen molar-refractivity contribution in [3.63, 3.8) is 0 Å². The fourth-order valence-corrected chi connectivity index (χ4v) is 2.93. The summed E-state index contributed by atoms with van der Waals surface area (Å²) in [5.41, 5.74) is 0. The molecular formula is C16H20N2O2. The highest BCUT2D eigenvalue weighted by Crippen LogP contribution is 2.30. The molecule has 0 amide bonds. The van der Waals surface area contributed by atoms with Crippen molar-refractivity contribution in [3.8, 4) is 5.75 Å². The molecule has 0 radical (unpaired) electrons. The number of anilines is 1. The SMILES string of the molecule is COc1ccc2c(N3CCCC(CO)C3)nccc2c1. The lowest BCUT2D eigenvalue weighted by Gasteiger charge is -2.33. The van der Waals surface area contributed by atoms with Crippen LogP contribution in [0.2, 0.25) is 0 Å². The summed E-state index contributed by atoms with van der Waals surface area (Å²) in [6, 6.07) is 8.09. The second kappa shape index (κ2) is 5.67. The summed E-state index contributed by atoms with van der Waals surface area (Å²) in [5, 5.41) is 11.7. The molecule has 1 N–H and O–H groups in total. The smallest absolute Gasteiger partial charge is 0.136 e. The predicted octanol–water partition coefficient (Wildman–Crippen LogP) is 2.45. The molecule has 20 heavy (non-hydrogen) atoms. The van der Waals surface area contributed by atoms with Gasteiger partial charge in [0.1, 0.15) is 11.6 Å². The van der Waals surface area contributed by atoms with E-state index in [0.717, 1.165) is 48.3 Å². The highest BCUT2D eigenvalue weighted by atomic mass is 16.5. The third-order valence-electron chi connectivity index (χ3n) is 4.03. The zero-order chi connectivity index (χ0) is 13.9. The monoisotopic (exact) mass is 272 g/mol. The van der Waals surface area contributed by atoms with Crippen molar-refractivity contribution in [1.82, 2.24) is 4.98 Å². The van der Waals surface area contributed by atoms with Crippen LogP contribution >= 0.6 is 0 Å². The van der Waals surface area contributed by atoms with Crippen LogP contribution in [0.3, 0.4) is 0 Å². The Bertz CT molecular complexity index is 600. The van der Waals surface area contributed by atoms with Gasteiger partial charge in [-0.2, -0.15) is 0 Å². The molecule has 1 atom stereocenters. The number of benzene rings is 1. The van der Waals surface area contributed by atoms with Crippen molar-refractivity contribution < 1.29 is 9.84 Å². The first kappa shape index (κ1) is 13.2. The second-order valence-corrected chi connectivity index (χ2v) is 5.36. The van der Waals surface area contributed by atoms with Crippen molar-refractivity contribution in [2.45, 2.75) is 12.8 Å². The van der Waals surface area contributed by atoms with E-state index in [1.54, 1.807) is 7.11 Å². The van der Waals surface area contributed by atoms with Gasteiger partial charge in [-0.1, -0.05) is 0 Å². The molecule has 1 aliphatic heterocycles. The molecule has 3 rings (SSSR count). The summed E-state index contributed by atoms with van der Waals surface area (Å²) in [5.74, 6) is 2.24. The highest BCUT2D eigenvalue weighted by molar-refractivity contribution is 5.93. The van der Waals surface area contributed by atoms with Gasteiger partial charge in [0, 0.05) is 31.3 Å². The average Bonchev–Trinajstić information content (AvgIpc) is 2.53. The third kappa shape index (κ3) is 2.43. The van der Waals surface area contributed by atoms with Crippen molar-refractivity contribution in [3.05, 3.63) is 30.5 Å². The van der Waals surface area contributed by atoms with E-state index in [4.69, 9.17) is 4.74 Å². The van der Waals surface area contributed by atoms with Crippen molar-refractivity contribution >= 4 is 16.6 Å². The molecule has 1 aliphatic rings. The standard InChI is InChI=1S/C16H20N2O2/c1-20-14-4-5-15-13(9-14)6-7-17-16(15)18-8-2-3-12(10-18)11-19/h4-7,9,12,19H,2-3,8,10-11H2,1H3. The first-order valence-corrected chi connectivity index (χ1v) is 7.10. The lowest BCUT2D eigenvalue weighted by molar-refractivity contribution is 0.208. The van der Waals surface area contributed by atoms with Crippen LogP contribution in [0.5, 0.6) is 5.75 Å². The fraction of sp³-hybridized carbons (Fsp3) is 0.438. The number of hydrogen-bond acceptors (Lipinski definition) is 4. The van der Waals surface area contributed by atoms with Crippen LogP contribution < -0.4 is 9.64 Å². The molecule has 0 aliphatic carbocycles. The maximum atomic E-state index is 9.37. The van der Waals surface area contributed by atoms with Gasteiger partial charge < -0.3 is 14.7 Å². The molecule has 1 fully saturated rings. The van der Waals surface area contributed by atoms with Gasteiger partial charge in [0.15, 0.2) is 0 Å². The molecule has 1 aromatic carbocycles. The Morgan fingerprint density at radius 2 is 2.30 bits per heavy atom. The molecule has 0 bridgehead atoms.